The fourth-order valence-electron chi connectivity index (χ4n) is 2.00. The van der Waals surface area contributed by atoms with E-state index in [1.165, 1.54) is 0 Å². The van der Waals surface area contributed by atoms with Crippen molar-refractivity contribution in [2.45, 2.75) is 26.4 Å². The maximum Gasteiger partial charge on any atom is 0.412 e. The van der Waals surface area contributed by atoms with Gasteiger partial charge in [0.25, 0.3) is 0 Å². The zero-order valence-electron chi connectivity index (χ0n) is 12.3. The van der Waals surface area contributed by atoms with Gasteiger partial charge >= 0.3 is 6.09 Å². The summed E-state index contributed by atoms with van der Waals surface area (Å²) in [6.45, 7) is 5.39. The topological polar surface area (TPSA) is 81.4 Å². The van der Waals surface area contributed by atoms with Gasteiger partial charge in [0.1, 0.15) is 5.60 Å². The average Bonchev–Trinajstić information content (AvgIpc) is 2.35. The molecule has 0 bridgehead atoms. The van der Waals surface area contributed by atoms with E-state index in [1.807, 2.05) is 6.07 Å². The second-order valence-electron chi connectivity index (χ2n) is 5.73. The first-order valence-electron chi connectivity index (χ1n) is 6.59. The predicted octanol–water partition coefficient (Wildman–Crippen LogP) is 3.29. The van der Waals surface area contributed by atoms with Gasteiger partial charge in [0.2, 0.25) is 5.91 Å². The summed E-state index contributed by atoms with van der Waals surface area (Å²) in [5, 5.41) is 4.23. The van der Waals surface area contributed by atoms with Crippen LogP contribution in [-0.4, -0.2) is 17.6 Å². The van der Waals surface area contributed by atoms with Crippen molar-refractivity contribution in [1.82, 2.24) is 0 Å². The summed E-state index contributed by atoms with van der Waals surface area (Å²) in [4.78, 5) is 23.1. The van der Waals surface area contributed by atoms with Crippen molar-refractivity contribution in [2.24, 2.45) is 5.73 Å². The van der Waals surface area contributed by atoms with Crippen molar-refractivity contribution >= 4 is 28.5 Å². The molecule has 2 aromatic carbocycles. The van der Waals surface area contributed by atoms with E-state index < -0.39 is 17.6 Å². The third-order valence-corrected chi connectivity index (χ3v) is 2.79. The summed E-state index contributed by atoms with van der Waals surface area (Å²) >= 11 is 0. The van der Waals surface area contributed by atoms with Gasteiger partial charge in [-0.1, -0.05) is 18.2 Å². The summed E-state index contributed by atoms with van der Waals surface area (Å²) in [6.07, 6.45) is -0.520. The molecule has 5 heteroatoms. The van der Waals surface area contributed by atoms with Crippen molar-refractivity contribution in [3.63, 3.8) is 0 Å². The fraction of sp³-hybridized carbons (Fsp3) is 0.250. The van der Waals surface area contributed by atoms with E-state index in [-0.39, 0.29) is 0 Å². The molecule has 3 N–H and O–H groups in total. The van der Waals surface area contributed by atoms with Crippen LogP contribution in [0, 0.1) is 0 Å². The number of nitrogens with one attached hydrogen (secondary N) is 1. The molecule has 0 radical (unpaired) electrons. The molecule has 0 saturated carbocycles. The molecule has 0 saturated heterocycles. The maximum absolute atomic E-state index is 11.7. The Labute approximate surface area is 123 Å². The molecule has 21 heavy (non-hydrogen) atoms. The first-order valence-corrected chi connectivity index (χ1v) is 6.59. The number of rotatable bonds is 2. The molecule has 2 amide bonds. The van der Waals surface area contributed by atoms with Crippen LogP contribution in [0.5, 0.6) is 0 Å². The molecule has 0 aliphatic rings. The predicted molar refractivity (Wildman–Crippen MR) is 82.3 cm³/mol. The number of anilines is 1. The Kier molecular flexibility index (Phi) is 3.84. The summed E-state index contributed by atoms with van der Waals surface area (Å²) in [5.41, 5.74) is 5.83. The molecule has 0 aromatic heterocycles. The number of ether oxygens (including phenoxy) is 1. The van der Waals surface area contributed by atoms with E-state index >= 15 is 0 Å². The molecule has 0 fully saturated rings. The Balaban J connectivity index is 2.28. The lowest BCUT2D eigenvalue weighted by Crippen LogP contribution is -2.27. The van der Waals surface area contributed by atoms with E-state index in [9.17, 15) is 9.59 Å². The number of hydrogen-bond donors (Lipinski definition) is 2. The van der Waals surface area contributed by atoms with E-state index in [4.69, 9.17) is 10.5 Å². The lowest BCUT2D eigenvalue weighted by molar-refractivity contribution is 0.0635. The van der Waals surface area contributed by atoms with E-state index in [0.29, 0.717) is 11.3 Å². The number of carbonyl (C=O) groups is 2. The first kappa shape index (κ1) is 14.8. The van der Waals surface area contributed by atoms with Crippen molar-refractivity contribution in [2.75, 3.05) is 5.32 Å². The Morgan fingerprint density at radius 3 is 2.48 bits per heavy atom. The van der Waals surface area contributed by atoms with Gasteiger partial charge < -0.3 is 10.5 Å². The maximum atomic E-state index is 11.7. The van der Waals surface area contributed by atoms with Gasteiger partial charge in [-0.2, -0.15) is 0 Å². The van der Waals surface area contributed by atoms with Gasteiger partial charge in [-0.05, 0) is 49.7 Å². The Morgan fingerprint density at radius 1 is 1.14 bits per heavy atom. The molecule has 0 aliphatic carbocycles. The number of fused-ring (bicyclic) bond motifs is 1. The minimum absolute atomic E-state index is 0.455. The smallest absolute Gasteiger partial charge is 0.412 e. The lowest BCUT2D eigenvalue weighted by atomic mass is 10.0. The molecular formula is C16H18N2O3. The van der Waals surface area contributed by atoms with Gasteiger partial charge in [-0.15, -0.1) is 0 Å². The normalized spacial score (nSPS) is 11.2. The Morgan fingerprint density at radius 2 is 1.86 bits per heavy atom. The van der Waals surface area contributed by atoms with E-state index in [2.05, 4.69) is 5.32 Å². The van der Waals surface area contributed by atoms with Crippen LogP contribution in [0.1, 0.15) is 31.1 Å². The quantitative estimate of drug-likeness (QED) is 0.888. The SMILES string of the molecule is CC(C)(C)OC(=O)Nc1ccc2c(C(N)=O)cccc2c1. The lowest BCUT2D eigenvalue weighted by Gasteiger charge is -2.19. The van der Waals surface area contributed by atoms with Crippen molar-refractivity contribution < 1.29 is 14.3 Å². The zero-order chi connectivity index (χ0) is 15.6. The first-order chi connectivity index (χ1) is 9.76. The average molecular weight is 286 g/mol. The molecule has 0 aliphatic heterocycles. The van der Waals surface area contributed by atoms with E-state index in [0.717, 1.165) is 10.8 Å². The molecule has 0 atom stereocenters. The summed E-state index contributed by atoms with van der Waals surface area (Å²) in [5.74, 6) is -0.478. The van der Waals surface area contributed by atoms with Crippen LogP contribution in [0.4, 0.5) is 10.5 Å². The van der Waals surface area contributed by atoms with Gasteiger partial charge in [0, 0.05) is 11.3 Å². The van der Waals surface area contributed by atoms with Gasteiger partial charge in [-0.25, -0.2) is 4.79 Å². The Hall–Kier alpha value is -2.56. The second kappa shape index (κ2) is 5.44. The highest BCUT2D eigenvalue weighted by Crippen LogP contribution is 2.23. The minimum Gasteiger partial charge on any atom is -0.444 e. The standard InChI is InChI=1S/C16H18N2O3/c1-16(2,3)21-15(20)18-11-7-8-12-10(9-11)5-4-6-13(12)14(17)19/h4-9H,1-3H3,(H2,17,19)(H,18,20). The fourth-order valence-corrected chi connectivity index (χ4v) is 2.00. The molecule has 0 heterocycles. The molecule has 0 spiro atoms. The van der Waals surface area contributed by atoms with Gasteiger partial charge in [0.15, 0.2) is 0 Å². The van der Waals surface area contributed by atoms with Crippen LogP contribution in [-0.2, 0) is 4.74 Å². The Bertz CT molecular complexity index is 702. The molecule has 0 unspecified atom stereocenters. The molecule has 5 nitrogen and oxygen atoms in total. The highest BCUT2D eigenvalue weighted by Gasteiger charge is 2.16. The largest absolute Gasteiger partial charge is 0.444 e. The molecule has 110 valence electrons. The minimum atomic E-state index is -0.555. The van der Waals surface area contributed by atoms with Crippen LogP contribution >= 0.6 is 0 Å². The molecule has 2 aromatic rings. The summed E-state index contributed by atoms with van der Waals surface area (Å²) < 4.78 is 5.19. The number of primary amides is 1. The second-order valence-corrected chi connectivity index (χ2v) is 5.73. The van der Waals surface area contributed by atoms with Crippen LogP contribution in [0.25, 0.3) is 10.8 Å². The van der Waals surface area contributed by atoms with Gasteiger partial charge in [0.05, 0.1) is 0 Å². The van der Waals surface area contributed by atoms with Gasteiger partial charge in [-0.3, -0.25) is 10.1 Å². The van der Waals surface area contributed by atoms with Crippen molar-refractivity contribution in [1.29, 1.82) is 0 Å². The van der Waals surface area contributed by atoms with Crippen LogP contribution in [0.2, 0.25) is 0 Å². The number of benzene rings is 2. The number of carbonyl (C=O) groups excluding carboxylic acids is 2. The molecular weight excluding hydrogens is 268 g/mol. The zero-order valence-corrected chi connectivity index (χ0v) is 12.3. The number of amides is 2. The van der Waals surface area contributed by atoms with Crippen LogP contribution in [0.15, 0.2) is 36.4 Å². The highest BCUT2D eigenvalue weighted by molar-refractivity contribution is 6.07. The van der Waals surface area contributed by atoms with Crippen LogP contribution in [0.3, 0.4) is 0 Å². The third-order valence-electron chi connectivity index (χ3n) is 2.79. The molecule has 2 rings (SSSR count). The summed E-state index contributed by atoms with van der Waals surface area (Å²) in [6, 6.07) is 10.5. The highest BCUT2D eigenvalue weighted by atomic mass is 16.6. The van der Waals surface area contributed by atoms with Crippen LogP contribution < -0.4 is 11.1 Å². The number of hydrogen-bond acceptors (Lipinski definition) is 3. The van der Waals surface area contributed by atoms with Crippen molar-refractivity contribution in [3.8, 4) is 0 Å². The summed E-state index contributed by atoms with van der Waals surface area (Å²) in [7, 11) is 0. The van der Waals surface area contributed by atoms with E-state index in [1.54, 1.807) is 51.1 Å². The van der Waals surface area contributed by atoms with Crippen molar-refractivity contribution in [3.05, 3.63) is 42.0 Å². The monoisotopic (exact) mass is 286 g/mol. The number of nitrogens with two attached hydrogens (primary N) is 1. The third kappa shape index (κ3) is 3.72.